The van der Waals surface area contributed by atoms with E-state index in [1.807, 2.05) is 31.2 Å². The topological polar surface area (TPSA) is 105 Å². The van der Waals surface area contributed by atoms with Crippen LogP contribution in [0.1, 0.15) is 32.4 Å². The second-order valence-electron chi connectivity index (χ2n) is 4.92. The van der Waals surface area contributed by atoms with Crippen molar-refractivity contribution >= 4 is 22.9 Å². The third kappa shape index (κ3) is 3.67. The SMILES string of the molecule is Cc1ccc(Cc2nc(C(O)=CC(=O)c3nn[nH]n3)cs2)cc1. The van der Waals surface area contributed by atoms with Crippen LogP contribution in [0.2, 0.25) is 0 Å². The molecule has 0 saturated heterocycles. The Morgan fingerprint density at radius 3 is 2.83 bits per heavy atom. The Balaban J connectivity index is 1.73. The van der Waals surface area contributed by atoms with Gasteiger partial charge in [0.15, 0.2) is 0 Å². The number of aliphatic hydroxyl groups is 1. The van der Waals surface area contributed by atoms with Gasteiger partial charge in [-0.25, -0.2) is 4.98 Å². The van der Waals surface area contributed by atoms with Crippen molar-refractivity contribution in [2.75, 3.05) is 0 Å². The number of allylic oxidation sites excluding steroid dienone is 1. The number of ketones is 1. The Kier molecular flexibility index (Phi) is 4.24. The summed E-state index contributed by atoms with van der Waals surface area (Å²) in [5.74, 6) is -0.859. The number of aliphatic hydroxyl groups excluding tert-OH is 1. The number of carbonyl (C=O) groups is 1. The molecule has 0 atom stereocenters. The molecular weight excluding hydrogens is 314 g/mol. The average Bonchev–Trinajstić information content (AvgIpc) is 3.21. The van der Waals surface area contributed by atoms with Crippen LogP contribution in [0.15, 0.2) is 35.7 Å². The maximum absolute atomic E-state index is 11.8. The fourth-order valence-corrected chi connectivity index (χ4v) is 2.74. The lowest BCUT2D eigenvalue weighted by atomic mass is 10.1. The summed E-state index contributed by atoms with van der Waals surface area (Å²) in [6.07, 6.45) is 1.71. The lowest BCUT2D eigenvalue weighted by molar-refractivity contribution is 0.103. The zero-order chi connectivity index (χ0) is 16.2. The highest BCUT2D eigenvalue weighted by molar-refractivity contribution is 7.09. The summed E-state index contributed by atoms with van der Waals surface area (Å²) in [6.45, 7) is 2.04. The van der Waals surface area contributed by atoms with Gasteiger partial charge in [-0.2, -0.15) is 5.21 Å². The molecule has 0 saturated carbocycles. The van der Waals surface area contributed by atoms with E-state index in [1.165, 1.54) is 16.9 Å². The fraction of sp³-hybridized carbons (Fsp3) is 0.133. The summed E-state index contributed by atoms with van der Waals surface area (Å²) in [4.78, 5) is 16.1. The van der Waals surface area contributed by atoms with E-state index in [0.29, 0.717) is 12.1 Å². The highest BCUT2D eigenvalue weighted by Crippen LogP contribution is 2.19. The third-order valence-electron chi connectivity index (χ3n) is 3.12. The van der Waals surface area contributed by atoms with E-state index in [2.05, 4.69) is 25.6 Å². The van der Waals surface area contributed by atoms with E-state index in [4.69, 9.17) is 0 Å². The van der Waals surface area contributed by atoms with Gasteiger partial charge >= 0.3 is 0 Å². The van der Waals surface area contributed by atoms with Gasteiger partial charge in [0.2, 0.25) is 11.6 Å². The second kappa shape index (κ2) is 6.49. The van der Waals surface area contributed by atoms with Crippen LogP contribution in [0.5, 0.6) is 0 Å². The number of nitrogens with zero attached hydrogens (tertiary/aromatic N) is 4. The first-order chi connectivity index (χ1) is 11.1. The van der Waals surface area contributed by atoms with Gasteiger partial charge < -0.3 is 5.11 Å². The molecule has 3 rings (SSSR count). The molecule has 0 unspecified atom stereocenters. The Labute approximate surface area is 135 Å². The van der Waals surface area contributed by atoms with Gasteiger partial charge in [-0.1, -0.05) is 29.8 Å². The minimum absolute atomic E-state index is 0.105. The molecule has 0 aliphatic heterocycles. The number of benzene rings is 1. The number of aromatic nitrogens is 5. The van der Waals surface area contributed by atoms with Crippen molar-refractivity contribution in [1.82, 2.24) is 25.6 Å². The molecule has 1 aromatic carbocycles. The molecule has 2 N–H and O–H groups in total. The van der Waals surface area contributed by atoms with Crippen molar-refractivity contribution in [3.8, 4) is 0 Å². The molecule has 0 bridgehead atoms. The van der Waals surface area contributed by atoms with E-state index < -0.39 is 5.78 Å². The summed E-state index contributed by atoms with van der Waals surface area (Å²) >= 11 is 1.43. The predicted octanol–water partition coefficient (Wildman–Crippen LogP) is 2.34. The van der Waals surface area contributed by atoms with Gasteiger partial charge in [0.1, 0.15) is 11.5 Å². The number of carbonyl (C=O) groups excluding carboxylic acids is 1. The lowest BCUT2D eigenvalue weighted by Crippen LogP contribution is -1.99. The number of hydrogen-bond acceptors (Lipinski definition) is 7. The molecule has 2 heterocycles. The highest BCUT2D eigenvalue weighted by Gasteiger charge is 2.12. The molecule has 0 aliphatic rings. The summed E-state index contributed by atoms with van der Waals surface area (Å²) in [7, 11) is 0. The van der Waals surface area contributed by atoms with Gasteiger partial charge in [-0.05, 0) is 17.7 Å². The van der Waals surface area contributed by atoms with E-state index in [1.54, 1.807) is 5.38 Å². The molecule has 0 fully saturated rings. The Bertz CT molecular complexity index is 837. The van der Waals surface area contributed by atoms with Crippen LogP contribution in [-0.4, -0.2) is 36.5 Å². The molecule has 7 nitrogen and oxygen atoms in total. The second-order valence-corrected chi connectivity index (χ2v) is 5.86. The summed E-state index contributed by atoms with van der Waals surface area (Å²) in [6, 6.07) is 8.19. The molecule has 0 radical (unpaired) electrons. The van der Waals surface area contributed by atoms with Crippen LogP contribution in [0.3, 0.4) is 0 Å². The van der Waals surface area contributed by atoms with Gasteiger partial charge in [0.25, 0.3) is 0 Å². The van der Waals surface area contributed by atoms with Crippen LogP contribution >= 0.6 is 11.3 Å². The van der Waals surface area contributed by atoms with Crippen molar-refractivity contribution in [2.24, 2.45) is 0 Å². The summed E-state index contributed by atoms with van der Waals surface area (Å²) < 4.78 is 0. The predicted molar refractivity (Wildman–Crippen MR) is 85.2 cm³/mol. The number of tetrazole rings is 1. The maximum Gasteiger partial charge on any atom is 0.244 e. The third-order valence-corrected chi connectivity index (χ3v) is 3.97. The number of thiazole rings is 1. The van der Waals surface area contributed by atoms with Crippen molar-refractivity contribution in [1.29, 1.82) is 0 Å². The number of aromatic amines is 1. The minimum atomic E-state index is -0.538. The molecule has 116 valence electrons. The van der Waals surface area contributed by atoms with Gasteiger partial charge in [-0.15, -0.1) is 21.5 Å². The Morgan fingerprint density at radius 2 is 2.13 bits per heavy atom. The highest BCUT2D eigenvalue weighted by atomic mass is 32.1. The van der Waals surface area contributed by atoms with Gasteiger partial charge in [0.05, 0.1) is 5.01 Å². The van der Waals surface area contributed by atoms with Crippen molar-refractivity contribution in [2.45, 2.75) is 13.3 Å². The van der Waals surface area contributed by atoms with E-state index in [-0.39, 0.29) is 11.6 Å². The first-order valence-corrected chi connectivity index (χ1v) is 7.68. The Morgan fingerprint density at radius 1 is 1.35 bits per heavy atom. The summed E-state index contributed by atoms with van der Waals surface area (Å²) in [5.41, 5.74) is 2.70. The number of aryl methyl sites for hydroxylation is 1. The Hall–Kier alpha value is -2.87. The minimum Gasteiger partial charge on any atom is -0.506 e. The van der Waals surface area contributed by atoms with Gasteiger partial charge in [-0.3, -0.25) is 4.79 Å². The molecular formula is C15H13N5O2S. The number of hydrogen-bond donors (Lipinski definition) is 2. The van der Waals surface area contributed by atoms with Crippen molar-refractivity contribution in [3.63, 3.8) is 0 Å². The molecule has 0 amide bonds. The van der Waals surface area contributed by atoms with E-state index >= 15 is 0 Å². The van der Waals surface area contributed by atoms with E-state index in [9.17, 15) is 9.90 Å². The normalized spacial score (nSPS) is 11.6. The largest absolute Gasteiger partial charge is 0.506 e. The van der Waals surface area contributed by atoms with Crippen LogP contribution < -0.4 is 0 Å². The van der Waals surface area contributed by atoms with Gasteiger partial charge in [0, 0.05) is 17.9 Å². The molecule has 0 aliphatic carbocycles. The van der Waals surface area contributed by atoms with Crippen LogP contribution in [0, 0.1) is 6.92 Å². The smallest absolute Gasteiger partial charge is 0.244 e. The zero-order valence-corrected chi connectivity index (χ0v) is 13.0. The van der Waals surface area contributed by atoms with Crippen molar-refractivity contribution < 1.29 is 9.90 Å². The maximum atomic E-state index is 11.8. The lowest BCUT2D eigenvalue weighted by Gasteiger charge is -1.98. The van der Waals surface area contributed by atoms with Crippen LogP contribution in [-0.2, 0) is 6.42 Å². The monoisotopic (exact) mass is 327 g/mol. The molecule has 8 heteroatoms. The fourth-order valence-electron chi connectivity index (χ4n) is 1.92. The quantitative estimate of drug-likeness (QED) is 0.423. The zero-order valence-electron chi connectivity index (χ0n) is 12.2. The molecule has 2 aromatic heterocycles. The summed E-state index contributed by atoms with van der Waals surface area (Å²) in [5, 5.41) is 25.2. The molecule has 3 aromatic rings. The first kappa shape index (κ1) is 15.0. The number of nitrogens with one attached hydrogen (secondary N) is 1. The first-order valence-electron chi connectivity index (χ1n) is 6.80. The number of H-pyrrole nitrogens is 1. The standard InChI is InChI=1S/C15H13N5O2S/c1-9-2-4-10(5-3-9)6-14-16-11(8-23-14)12(21)7-13(22)15-17-19-20-18-15/h2-5,7-8,21H,6H2,1H3,(H,17,18,19,20). The number of rotatable bonds is 5. The molecule has 23 heavy (non-hydrogen) atoms. The molecule has 0 spiro atoms. The average molecular weight is 327 g/mol. The van der Waals surface area contributed by atoms with Crippen LogP contribution in [0.25, 0.3) is 5.76 Å². The van der Waals surface area contributed by atoms with Crippen molar-refractivity contribution in [3.05, 3.63) is 63.4 Å². The van der Waals surface area contributed by atoms with E-state index in [0.717, 1.165) is 16.6 Å². The van der Waals surface area contributed by atoms with Crippen LogP contribution in [0.4, 0.5) is 0 Å².